The van der Waals surface area contributed by atoms with Gasteiger partial charge in [0.1, 0.15) is 11.0 Å². The molecule has 1 atom stereocenters. The number of aromatic nitrogens is 2. The predicted molar refractivity (Wildman–Crippen MR) is 56.9 cm³/mol. The highest BCUT2D eigenvalue weighted by Gasteiger charge is 2.14. The van der Waals surface area contributed by atoms with Gasteiger partial charge in [-0.2, -0.15) is 0 Å². The Morgan fingerprint density at radius 3 is 2.93 bits per heavy atom. The second-order valence-electron chi connectivity index (χ2n) is 3.05. The molecule has 0 radical (unpaired) electrons. The second kappa shape index (κ2) is 5.50. The zero-order chi connectivity index (χ0) is 11.3. The Balaban J connectivity index is 2.52. The highest BCUT2D eigenvalue weighted by molar-refractivity contribution is 6.29. The van der Waals surface area contributed by atoms with E-state index < -0.39 is 11.9 Å². The van der Waals surface area contributed by atoms with Gasteiger partial charge in [-0.25, -0.2) is 4.98 Å². The lowest BCUT2D eigenvalue weighted by atomic mass is 10.1. The van der Waals surface area contributed by atoms with E-state index in [0.717, 1.165) is 0 Å². The fourth-order valence-electron chi connectivity index (χ4n) is 1.06. The number of aliphatic carboxylic acids is 1. The molecule has 0 aliphatic heterocycles. The van der Waals surface area contributed by atoms with Gasteiger partial charge in [-0.1, -0.05) is 18.5 Å². The van der Waals surface area contributed by atoms with E-state index in [2.05, 4.69) is 15.3 Å². The van der Waals surface area contributed by atoms with Crippen molar-refractivity contribution in [2.75, 3.05) is 11.9 Å². The number of hydrogen-bond acceptors (Lipinski definition) is 4. The third-order valence-corrected chi connectivity index (χ3v) is 2.16. The summed E-state index contributed by atoms with van der Waals surface area (Å²) in [6.45, 7) is 2.14. The van der Waals surface area contributed by atoms with Crippen LogP contribution in [0, 0.1) is 5.92 Å². The largest absolute Gasteiger partial charge is 0.481 e. The lowest BCUT2D eigenvalue weighted by molar-refractivity contribution is -0.141. The fourth-order valence-corrected chi connectivity index (χ4v) is 1.21. The Labute approximate surface area is 92.5 Å². The van der Waals surface area contributed by atoms with Crippen molar-refractivity contribution in [1.29, 1.82) is 0 Å². The van der Waals surface area contributed by atoms with E-state index in [-0.39, 0.29) is 5.15 Å². The third-order valence-electron chi connectivity index (χ3n) is 1.98. The van der Waals surface area contributed by atoms with E-state index >= 15 is 0 Å². The number of carboxylic acids is 1. The van der Waals surface area contributed by atoms with Crippen LogP contribution in [0.3, 0.4) is 0 Å². The van der Waals surface area contributed by atoms with E-state index in [4.69, 9.17) is 16.7 Å². The highest BCUT2D eigenvalue weighted by Crippen LogP contribution is 2.09. The molecule has 0 fully saturated rings. The van der Waals surface area contributed by atoms with Gasteiger partial charge in [0.05, 0.1) is 18.3 Å². The topological polar surface area (TPSA) is 75.1 Å². The van der Waals surface area contributed by atoms with Crippen molar-refractivity contribution in [2.45, 2.75) is 13.3 Å². The summed E-state index contributed by atoms with van der Waals surface area (Å²) in [6, 6.07) is 0. The van der Waals surface area contributed by atoms with Gasteiger partial charge in [0.15, 0.2) is 0 Å². The first kappa shape index (κ1) is 11.7. The van der Waals surface area contributed by atoms with Crippen LogP contribution in [0.15, 0.2) is 12.4 Å². The molecule has 6 heteroatoms. The normalized spacial score (nSPS) is 12.1. The van der Waals surface area contributed by atoms with Crippen molar-refractivity contribution < 1.29 is 9.90 Å². The molecule has 1 rings (SSSR count). The Bertz CT molecular complexity index is 346. The molecule has 0 spiro atoms. The average Bonchev–Trinajstić information content (AvgIpc) is 2.18. The number of nitrogens with zero attached hydrogens (tertiary/aromatic N) is 2. The number of carboxylic acid groups (broad SMARTS) is 1. The minimum absolute atomic E-state index is 0.281. The Kier molecular flexibility index (Phi) is 4.30. The van der Waals surface area contributed by atoms with Gasteiger partial charge in [0.25, 0.3) is 0 Å². The SMILES string of the molecule is CCC(CNc1cncc(Cl)n1)C(=O)O. The van der Waals surface area contributed by atoms with Crippen LogP contribution in [0.5, 0.6) is 0 Å². The quantitative estimate of drug-likeness (QED) is 0.803. The van der Waals surface area contributed by atoms with Crippen molar-refractivity contribution in [3.63, 3.8) is 0 Å². The third kappa shape index (κ3) is 3.71. The van der Waals surface area contributed by atoms with Crippen molar-refractivity contribution in [1.82, 2.24) is 9.97 Å². The maximum absolute atomic E-state index is 10.7. The number of nitrogens with one attached hydrogen (secondary N) is 1. The molecule has 1 aromatic heterocycles. The molecule has 15 heavy (non-hydrogen) atoms. The van der Waals surface area contributed by atoms with Crippen molar-refractivity contribution >= 4 is 23.4 Å². The molecule has 0 amide bonds. The molecule has 2 N–H and O–H groups in total. The van der Waals surface area contributed by atoms with Crippen molar-refractivity contribution in [3.8, 4) is 0 Å². The maximum atomic E-state index is 10.7. The molecular formula is C9H12ClN3O2. The monoisotopic (exact) mass is 229 g/mol. The van der Waals surface area contributed by atoms with Crippen molar-refractivity contribution in [2.24, 2.45) is 5.92 Å². The van der Waals surface area contributed by atoms with Gasteiger partial charge >= 0.3 is 5.97 Å². The van der Waals surface area contributed by atoms with Crippen LogP contribution >= 0.6 is 11.6 Å². The first-order valence-electron chi connectivity index (χ1n) is 4.57. The van der Waals surface area contributed by atoms with Crippen LogP contribution < -0.4 is 5.32 Å². The van der Waals surface area contributed by atoms with E-state index in [1.807, 2.05) is 6.92 Å². The van der Waals surface area contributed by atoms with Crippen LogP contribution in [-0.2, 0) is 4.79 Å². The van der Waals surface area contributed by atoms with Gasteiger partial charge in [-0.05, 0) is 6.42 Å². The molecule has 1 aromatic rings. The summed E-state index contributed by atoms with van der Waals surface area (Å²) in [5.74, 6) is -0.757. The molecule has 0 aliphatic carbocycles. The smallest absolute Gasteiger partial charge is 0.308 e. The lowest BCUT2D eigenvalue weighted by Crippen LogP contribution is -2.22. The van der Waals surface area contributed by atoms with E-state index in [1.165, 1.54) is 12.4 Å². The summed E-state index contributed by atoms with van der Waals surface area (Å²) in [6.07, 6.45) is 3.48. The summed E-state index contributed by atoms with van der Waals surface area (Å²) in [4.78, 5) is 18.5. The summed E-state index contributed by atoms with van der Waals surface area (Å²) in [7, 11) is 0. The van der Waals surface area contributed by atoms with Gasteiger partial charge in [-0.15, -0.1) is 0 Å². The van der Waals surface area contributed by atoms with Crippen LogP contribution in [0.2, 0.25) is 5.15 Å². The number of halogens is 1. The zero-order valence-electron chi connectivity index (χ0n) is 8.27. The minimum Gasteiger partial charge on any atom is -0.481 e. The highest BCUT2D eigenvalue weighted by atomic mass is 35.5. The molecule has 0 aromatic carbocycles. The molecule has 1 heterocycles. The summed E-state index contributed by atoms with van der Waals surface area (Å²) < 4.78 is 0. The van der Waals surface area contributed by atoms with Gasteiger partial charge in [-0.3, -0.25) is 9.78 Å². The molecule has 0 saturated carbocycles. The summed E-state index contributed by atoms with van der Waals surface area (Å²) in [5, 5.41) is 12.0. The molecule has 1 unspecified atom stereocenters. The average molecular weight is 230 g/mol. The second-order valence-corrected chi connectivity index (χ2v) is 3.44. The molecule has 5 nitrogen and oxygen atoms in total. The fraction of sp³-hybridized carbons (Fsp3) is 0.444. The molecule has 82 valence electrons. The predicted octanol–water partition coefficient (Wildman–Crippen LogP) is 1.65. The van der Waals surface area contributed by atoms with E-state index in [0.29, 0.717) is 18.8 Å². The standard InChI is InChI=1S/C9H12ClN3O2/c1-2-6(9(14)15)3-12-8-5-11-4-7(10)13-8/h4-6H,2-3H2,1H3,(H,12,13)(H,14,15). The molecule has 0 saturated heterocycles. The molecule has 0 bridgehead atoms. The number of anilines is 1. The van der Waals surface area contributed by atoms with E-state index in [9.17, 15) is 4.79 Å². The van der Waals surface area contributed by atoms with E-state index in [1.54, 1.807) is 0 Å². The zero-order valence-corrected chi connectivity index (χ0v) is 9.03. The Morgan fingerprint density at radius 2 is 2.40 bits per heavy atom. The Hall–Kier alpha value is -1.36. The maximum Gasteiger partial charge on any atom is 0.308 e. The van der Waals surface area contributed by atoms with Crippen LogP contribution in [-0.4, -0.2) is 27.6 Å². The lowest BCUT2D eigenvalue weighted by Gasteiger charge is -2.10. The van der Waals surface area contributed by atoms with Crippen molar-refractivity contribution in [3.05, 3.63) is 17.5 Å². The van der Waals surface area contributed by atoms with Crippen LogP contribution in [0.1, 0.15) is 13.3 Å². The first-order chi connectivity index (χ1) is 7.13. The number of hydrogen-bond donors (Lipinski definition) is 2. The molecular weight excluding hydrogens is 218 g/mol. The van der Waals surface area contributed by atoms with Gasteiger partial charge in [0, 0.05) is 6.54 Å². The van der Waals surface area contributed by atoms with Gasteiger partial charge in [0.2, 0.25) is 0 Å². The molecule has 0 aliphatic rings. The van der Waals surface area contributed by atoms with Crippen LogP contribution in [0.25, 0.3) is 0 Å². The van der Waals surface area contributed by atoms with Gasteiger partial charge < -0.3 is 10.4 Å². The first-order valence-corrected chi connectivity index (χ1v) is 4.95. The summed E-state index contributed by atoms with van der Waals surface area (Å²) >= 11 is 5.63. The number of rotatable bonds is 5. The minimum atomic E-state index is -0.819. The number of carbonyl (C=O) groups is 1. The Morgan fingerprint density at radius 1 is 1.67 bits per heavy atom. The summed E-state index contributed by atoms with van der Waals surface area (Å²) in [5.41, 5.74) is 0. The van der Waals surface area contributed by atoms with Crippen LogP contribution in [0.4, 0.5) is 5.82 Å².